The number of aliphatic hydroxyl groups is 1. The lowest BCUT2D eigenvalue weighted by Gasteiger charge is -2.56. The van der Waals surface area contributed by atoms with Crippen LogP contribution in [0.3, 0.4) is 0 Å². The molecule has 0 bridgehead atoms. The fraction of sp³-hybridized carbons (Fsp3) is 1.00. The van der Waals surface area contributed by atoms with Crippen molar-refractivity contribution in [2.45, 2.75) is 64.1 Å². The molecule has 3 aliphatic rings. The quantitative estimate of drug-likeness (QED) is 0.834. The molecule has 2 unspecified atom stereocenters. The number of aliphatic hydroxyl groups excluding tert-OH is 1. The number of hydrogen-bond donors (Lipinski definition) is 1. The van der Waals surface area contributed by atoms with Gasteiger partial charge in [-0.15, -0.1) is 0 Å². The van der Waals surface area contributed by atoms with E-state index >= 15 is 0 Å². The zero-order valence-corrected chi connectivity index (χ0v) is 14.9. The molecule has 6 nitrogen and oxygen atoms in total. The SMILES string of the molecule is CCOC1CC(O)C12CCN(S(=O)(=O)N1CCCCCC1)CC2. The first-order chi connectivity index (χ1) is 11.0. The third-order valence-corrected chi connectivity index (χ3v) is 8.02. The molecule has 2 aliphatic heterocycles. The van der Waals surface area contributed by atoms with E-state index in [1.54, 1.807) is 8.61 Å². The minimum absolute atomic E-state index is 0.0885. The Labute approximate surface area is 140 Å². The first kappa shape index (κ1) is 17.6. The number of ether oxygens (including phenoxy) is 1. The second-order valence-corrected chi connectivity index (χ2v) is 9.08. The molecule has 0 aromatic carbocycles. The van der Waals surface area contributed by atoms with Gasteiger partial charge in [0.1, 0.15) is 0 Å². The molecule has 0 aromatic heterocycles. The average molecular weight is 346 g/mol. The van der Waals surface area contributed by atoms with Gasteiger partial charge in [-0.1, -0.05) is 12.8 Å². The summed E-state index contributed by atoms with van der Waals surface area (Å²) in [4.78, 5) is 0. The van der Waals surface area contributed by atoms with E-state index in [1.165, 1.54) is 0 Å². The van der Waals surface area contributed by atoms with Crippen LogP contribution in [0.2, 0.25) is 0 Å². The van der Waals surface area contributed by atoms with E-state index in [1.807, 2.05) is 6.92 Å². The summed E-state index contributed by atoms with van der Waals surface area (Å²) in [5.41, 5.74) is -0.221. The molecule has 1 N–H and O–H groups in total. The summed E-state index contributed by atoms with van der Waals surface area (Å²) in [6.45, 7) is 4.91. The van der Waals surface area contributed by atoms with Gasteiger partial charge >= 0.3 is 0 Å². The fourth-order valence-electron chi connectivity index (χ4n) is 4.39. The van der Waals surface area contributed by atoms with E-state index < -0.39 is 10.2 Å². The van der Waals surface area contributed by atoms with Crippen LogP contribution >= 0.6 is 0 Å². The Morgan fingerprint density at radius 1 is 1.04 bits per heavy atom. The molecular formula is C16H30N2O4S. The molecule has 7 heteroatoms. The average Bonchev–Trinajstić information content (AvgIpc) is 2.84. The van der Waals surface area contributed by atoms with Crippen molar-refractivity contribution in [3.05, 3.63) is 0 Å². The number of nitrogens with zero attached hydrogens (tertiary/aromatic N) is 2. The summed E-state index contributed by atoms with van der Waals surface area (Å²) in [5.74, 6) is 0. The first-order valence-electron chi connectivity index (χ1n) is 9.05. The highest BCUT2D eigenvalue weighted by atomic mass is 32.2. The highest BCUT2D eigenvalue weighted by Crippen LogP contribution is 2.51. The molecule has 1 saturated carbocycles. The highest BCUT2D eigenvalue weighted by molar-refractivity contribution is 7.86. The number of piperidine rings is 1. The van der Waals surface area contributed by atoms with Crippen molar-refractivity contribution in [1.29, 1.82) is 0 Å². The zero-order chi connectivity index (χ0) is 16.5. The molecule has 1 aliphatic carbocycles. The molecule has 2 saturated heterocycles. The van der Waals surface area contributed by atoms with Gasteiger partial charge in [0.2, 0.25) is 0 Å². The maximum Gasteiger partial charge on any atom is 0.281 e. The molecule has 1 spiro atoms. The normalized spacial score (nSPS) is 33.3. The maximum absolute atomic E-state index is 12.9. The lowest BCUT2D eigenvalue weighted by atomic mass is 9.58. The third kappa shape index (κ3) is 3.18. The Kier molecular flexibility index (Phi) is 5.33. The largest absolute Gasteiger partial charge is 0.392 e. The summed E-state index contributed by atoms with van der Waals surface area (Å²) in [7, 11) is -3.35. The van der Waals surface area contributed by atoms with Gasteiger partial charge in [-0.2, -0.15) is 17.0 Å². The van der Waals surface area contributed by atoms with Crippen LogP contribution in [-0.2, 0) is 14.9 Å². The van der Waals surface area contributed by atoms with E-state index in [0.29, 0.717) is 52.0 Å². The van der Waals surface area contributed by atoms with Crippen molar-refractivity contribution in [2.24, 2.45) is 5.41 Å². The topological polar surface area (TPSA) is 70.1 Å². The van der Waals surface area contributed by atoms with Crippen molar-refractivity contribution in [2.75, 3.05) is 32.8 Å². The molecule has 2 heterocycles. The molecule has 0 amide bonds. The van der Waals surface area contributed by atoms with Crippen LogP contribution in [0.4, 0.5) is 0 Å². The minimum atomic E-state index is -3.35. The standard InChI is InChI=1S/C16H30N2O4S/c1-2-22-15-13-14(19)16(15)7-11-18(12-8-16)23(20,21)17-9-5-3-4-6-10-17/h14-15,19H,2-13H2,1H3. The van der Waals surface area contributed by atoms with Crippen molar-refractivity contribution >= 4 is 10.2 Å². The van der Waals surface area contributed by atoms with Crippen LogP contribution in [0.25, 0.3) is 0 Å². The summed E-state index contributed by atoms with van der Waals surface area (Å²) in [5, 5.41) is 10.2. The summed E-state index contributed by atoms with van der Waals surface area (Å²) < 4.78 is 34.8. The predicted octanol–water partition coefficient (Wildman–Crippen LogP) is 1.36. The van der Waals surface area contributed by atoms with Gasteiger partial charge in [0.15, 0.2) is 0 Å². The van der Waals surface area contributed by atoms with Gasteiger partial charge in [0, 0.05) is 44.6 Å². The second-order valence-electron chi connectivity index (χ2n) is 7.15. The monoisotopic (exact) mass is 346 g/mol. The van der Waals surface area contributed by atoms with Crippen LogP contribution in [0.15, 0.2) is 0 Å². The van der Waals surface area contributed by atoms with Gasteiger partial charge in [-0.25, -0.2) is 0 Å². The fourth-order valence-corrected chi connectivity index (χ4v) is 6.08. The van der Waals surface area contributed by atoms with Crippen molar-refractivity contribution in [3.63, 3.8) is 0 Å². The van der Waals surface area contributed by atoms with Crippen LogP contribution in [0.1, 0.15) is 51.9 Å². The zero-order valence-electron chi connectivity index (χ0n) is 14.1. The molecule has 134 valence electrons. The minimum Gasteiger partial charge on any atom is -0.392 e. The maximum atomic E-state index is 12.9. The highest BCUT2D eigenvalue weighted by Gasteiger charge is 2.57. The summed E-state index contributed by atoms with van der Waals surface area (Å²) >= 11 is 0. The Morgan fingerprint density at radius 2 is 1.61 bits per heavy atom. The van der Waals surface area contributed by atoms with E-state index in [0.717, 1.165) is 25.7 Å². The van der Waals surface area contributed by atoms with Gasteiger partial charge in [0.05, 0.1) is 12.2 Å². The lowest BCUT2D eigenvalue weighted by molar-refractivity contribution is -0.206. The summed E-state index contributed by atoms with van der Waals surface area (Å²) in [6.07, 6.45) is 6.00. The Bertz CT molecular complexity index is 492. The Balaban J connectivity index is 1.64. The van der Waals surface area contributed by atoms with Crippen LogP contribution in [0.5, 0.6) is 0 Å². The lowest BCUT2D eigenvalue weighted by Crippen LogP contribution is -2.63. The Hall–Kier alpha value is -0.210. The van der Waals surface area contributed by atoms with Crippen LogP contribution in [-0.4, -0.2) is 67.1 Å². The first-order valence-corrected chi connectivity index (χ1v) is 10.5. The predicted molar refractivity (Wildman–Crippen MR) is 88.2 cm³/mol. The molecule has 2 atom stereocenters. The Morgan fingerprint density at radius 3 is 2.13 bits per heavy atom. The molecule has 0 aromatic rings. The smallest absolute Gasteiger partial charge is 0.281 e. The van der Waals surface area contributed by atoms with E-state index in [-0.39, 0.29) is 17.6 Å². The van der Waals surface area contributed by atoms with E-state index in [9.17, 15) is 13.5 Å². The van der Waals surface area contributed by atoms with Gasteiger partial charge in [-0.05, 0) is 32.6 Å². The van der Waals surface area contributed by atoms with Gasteiger partial charge < -0.3 is 9.84 Å². The summed E-state index contributed by atoms with van der Waals surface area (Å²) in [6, 6.07) is 0. The van der Waals surface area contributed by atoms with E-state index in [4.69, 9.17) is 4.74 Å². The van der Waals surface area contributed by atoms with Crippen molar-refractivity contribution < 1.29 is 18.3 Å². The van der Waals surface area contributed by atoms with Crippen LogP contribution < -0.4 is 0 Å². The van der Waals surface area contributed by atoms with Crippen molar-refractivity contribution in [1.82, 2.24) is 8.61 Å². The van der Waals surface area contributed by atoms with Gasteiger partial charge in [0.25, 0.3) is 10.2 Å². The van der Waals surface area contributed by atoms with Gasteiger partial charge in [-0.3, -0.25) is 0 Å². The number of hydrogen-bond acceptors (Lipinski definition) is 4. The molecule has 3 fully saturated rings. The van der Waals surface area contributed by atoms with E-state index in [2.05, 4.69) is 0 Å². The molecular weight excluding hydrogens is 316 g/mol. The number of rotatable bonds is 4. The molecule has 3 rings (SSSR count). The molecule has 23 heavy (non-hydrogen) atoms. The second kappa shape index (κ2) is 6.96. The van der Waals surface area contributed by atoms with Crippen molar-refractivity contribution in [3.8, 4) is 0 Å². The third-order valence-electron chi connectivity index (χ3n) is 5.98. The molecule has 0 radical (unpaired) electrons. The van der Waals surface area contributed by atoms with Crippen LogP contribution in [0, 0.1) is 5.41 Å².